The molecule has 2 heterocycles. The summed E-state index contributed by atoms with van der Waals surface area (Å²) < 4.78 is 32.9. The van der Waals surface area contributed by atoms with Gasteiger partial charge in [-0.3, -0.25) is 0 Å². The normalized spacial score (nSPS) is 12.0. The van der Waals surface area contributed by atoms with Gasteiger partial charge in [0.15, 0.2) is 0 Å². The summed E-state index contributed by atoms with van der Waals surface area (Å²) in [6.07, 6.45) is 2.35. The third-order valence-corrected chi connectivity index (χ3v) is 5.82. The van der Waals surface area contributed by atoms with Gasteiger partial charge in [0.25, 0.3) is 0 Å². The molecule has 0 radical (unpaired) electrons. The Morgan fingerprint density at radius 2 is 2.14 bits per heavy atom. The molecule has 0 saturated carbocycles. The van der Waals surface area contributed by atoms with Crippen molar-refractivity contribution in [2.75, 3.05) is 7.05 Å². The molecule has 0 aromatic carbocycles. The van der Waals surface area contributed by atoms with E-state index in [1.807, 2.05) is 12.3 Å². The quantitative estimate of drug-likeness (QED) is 0.809. The van der Waals surface area contributed by atoms with E-state index in [1.54, 1.807) is 20.2 Å². The zero-order valence-corrected chi connectivity index (χ0v) is 13.9. The van der Waals surface area contributed by atoms with Gasteiger partial charge in [-0.25, -0.2) is 18.1 Å². The maximum atomic E-state index is 12.5. The molecule has 8 heteroatoms. The zero-order valence-electron chi connectivity index (χ0n) is 12.3. The highest BCUT2D eigenvalue weighted by Crippen LogP contribution is 2.26. The van der Waals surface area contributed by atoms with E-state index in [2.05, 4.69) is 15.0 Å². The lowest BCUT2D eigenvalue weighted by atomic mass is 10.3. The van der Waals surface area contributed by atoms with Gasteiger partial charge in [-0.05, 0) is 24.9 Å². The fourth-order valence-electron chi connectivity index (χ4n) is 1.95. The summed E-state index contributed by atoms with van der Waals surface area (Å²) in [5.41, 5.74) is 0.749. The Balaban J connectivity index is 2.16. The number of oxazole rings is 1. The number of nitrogens with zero attached hydrogens (tertiary/aromatic N) is 1. The van der Waals surface area contributed by atoms with Crippen LogP contribution in [0.4, 0.5) is 0 Å². The molecule has 2 N–H and O–H groups in total. The summed E-state index contributed by atoms with van der Waals surface area (Å²) in [4.78, 5) is 5.20. The van der Waals surface area contributed by atoms with E-state index >= 15 is 0 Å². The van der Waals surface area contributed by atoms with Crippen molar-refractivity contribution >= 4 is 21.4 Å². The second-order valence-electron chi connectivity index (χ2n) is 4.60. The second-order valence-corrected chi connectivity index (χ2v) is 7.27. The highest BCUT2D eigenvalue weighted by molar-refractivity contribution is 7.89. The summed E-state index contributed by atoms with van der Waals surface area (Å²) in [7, 11) is -1.79. The number of hydrogen-bond donors (Lipinski definition) is 2. The van der Waals surface area contributed by atoms with E-state index in [-0.39, 0.29) is 6.54 Å². The average molecular weight is 329 g/mol. The van der Waals surface area contributed by atoms with Crippen LogP contribution in [0.25, 0.3) is 0 Å². The number of aryl methyl sites for hydroxylation is 2. The molecule has 0 unspecified atom stereocenters. The van der Waals surface area contributed by atoms with Crippen molar-refractivity contribution in [1.82, 2.24) is 15.0 Å². The lowest BCUT2D eigenvalue weighted by molar-refractivity contribution is 0.452. The van der Waals surface area contributed by atoms with Crippen LogP contribution in [-0.2, 0) is 29.5 Å². The molecule has 2 aromatic rings. The van der Waals surface area contributed by atoms with Gasteiger partial charge in [0, 0.05) is 17.8 Å². The monoisotopic (exact) mass is 329 g/mol. The van der Waals surface area contributed by atoms with Gasteiger partial charge in [0.2, 0.25) is 15.9 Å². The number of thiophene rings is 1. The van der Waals surface area contributed by atoms with Gasteiger partial charge in [-0.2, -0.15) is 0 Å². The molecule has 2 rings (SSSR count). The number of nitrogens with one attached hydrogen (secondary N) is 2. The van der Waals surface area contributed by atoms with Crippen molar-refractivity contribution < 1.29 is 12.8 Å². The van der Waals surface area contributed by atoms with Crippen molar-refractivity contribution in [2.24, 2.45) is 0 Å². The van der Waals surface area contributed by atoms with Crippen LogP contribution in [-0.4, -0.2) is 20.4 Å². The molecule has 0 spiro atoms. The number of rotatable bonds is 7. The first-order valence-corrected chi connectivity index (χ1v) is 8.99. The average Bonchev–Trinajstić information content (AvgIpc) is 3.04. The predicted octanol–water partition coefficient (Wildman–Crippen LogP) is 1.80. The van der Waals surface area contributed by atoms with E-state index < -0.39 is 10.0 Å². The van der Waals surface area contributed by atoms with Crippen LogP contribution >= 0.6 is 11.3 Å². The predicted molar refractivity (Wildman–Crippen MR) is 81.7 cm³/mol. The fraction of sp³-hybridized carbons (Fsp3) is 0.462. The molecule has 21 heavy (non-hydrogen) atoms. The van der Waals surface area contributed by atoms with Crippen LogP contribution in [0.2, 0.25) is 0 Å². The lowest BCUT2D eigenvalue weighted by Crippen LogP contribution is -2.25. The number of hydrogen-bond acceptors (Lipinski definition) is 6. The van der Waals surface area contributed by atoms with E-state index in [0.29, 0.717) is 17.3 Å². The Kier molecular flexibility index (Phi) is 5.15. The number of sulfonamides is 1. The molecule has 0 amide bonds. The topological polar surface area (TPSA) is 84.2 Å². The first-order chi connectivity index (χ1) is 9.97. The minimum atomic E-state index is -3.58. The van der Waals surface area contributed by atoms with E-state index in [1.165, 1.54) is 11.3 Å². The van der Waals surface area contributed by atoms with Gasteiger partial charge in [-0.1, -0.05) is 6.92 Å². The summed E-state index contributed by atoms with van der Waals surface area (Å²) in [5, 5.41) is 4.83. The zero-order chi connectivity index (χ0) is 15.5. The molecule has 0 aliphatic heterocycles. The molecular weight excluding hydrogens is 310 g/mol. The third kappa shape index (κ3) is 3.70. The Morgan fingerprint density at radius 3 is 2.76 bits per heavy atom. The van der Waals surface area contributed by atoms with E-state index in [0.717, 1.165) is 22.6 Å². The Bertz CT molecular complexity index is 704. The third-order valence-electron chi connectivity index (χ3n) is 2.96. The maximum absolute atomic E-state index is 12.5. The molecule has 0 bridgehead atoms. The van der Waals surface area contributed by atoms with Gasteiger partial charge >= 0.3 is 0 Å². The van der Waals surface area contributed by atoms with E-state index in [9.17, 15) is 8.42 Å². The van der Waals surface area contributed by atoms with Crippen molar-refractivity contribution in [3.8, 4) is 0 Å². The molecule has 0 atom stereocenters. The Labute approximate surface area is 128 Å². The Morgan fingerprint density at radius 1 is 1.38 bits per heavy atom. The van der Waals surface area contributed by atoms with E-state index in [4.69, 9.17) is 4.42 Å². The number of aromatic nitrogens is 1. The van der Waals surface area contributed by atoms with Crippen LogP contribution < -0.4 is 10.0 Å². The molecule has 0 aliphatic carbocycles. The molecule has 0 aliphatic rings. The molecule has 116 valence electrons. The molecular formula is C13H19N3O3S2. The van der Waals surface area contributed by atoms with Crippen molar-refractivity contribution in [1.29, 1.82) is 0 Å². The minimum Gasteiger partial charge on any atom is -0.444 e. The van der Waals surface area contributed by atoms with Crippen LogP contribution in [0.3, 0.4) is 0 Å². The lowest BCUT2D eigenvalue weighted by Gasteiger charge is -2.07. The highest BCUT2D eigenvalue weighted by Gasteiger charge is 2.23. The largest absolute Gasteiger partial charge is 0.444 e. The summed E-state index contributed by atoms with van der Waals surface area (Å²) in [6, 6.07) is 0. The second kappa shape index (κ2) is 6.69. The van der Waals surface area contributed by atoms with Gasteiger partial charge in [-0.15, -0.1) is 11.3 Å². The summed E-state index contributed by atoms with van der Waals surface area (Å²) in [5.74, 6) is 1.12. The first kappa shape index (κ1) is 16.2. The van der Waals surface area contributed by atoms with Crippen LogP contribution in [0, 0.1) is 6.92 Å². The van der Waals surface area contributed by atoms with Gasteiger partial charge in [0.05, 0.1) is 12.7 Å². The van der Waals surface area contributed by atoms with Gasteiger partial charge in [0.1, 0.15) is 10.7 Å². The first-order valence-electron chi connectivity index (χ1n) is 6.62. The SMILES string of the molecule is CCc1cnc(CNS(=O)(=O)c2c(C)csc2CNC)o1. The highest BCUT2D eigenvalue weighted by atomic mass is 32.2. The maximum Gasteiger partial charge on any atom is 0.242 e. The van der Waals surface area contributed by atoms with Crippen LogP contribution in [0.1, 0.15) is 29.0 Å². The molecule has 6 nitrogen and oxygen atoms in total. The van der Waals surface area contributed by atoms with Crippen molar-refractivity contribution in [2.45, 2.75) is 38.3 Å². The Hall–Kier alpha value is -1.22. The standard InChI is InChI=1S/C13H19N3O3S2/c1-4-10-5-15-12(19-10)7-16-21(17,18)13-9(2)8-20-11(13)6-14-3/h5,8,14,16H,4,6-7H2,1-3H3. The molecule has 0 saturated heterocycles. The van der Waals surface area contributed by atoms with Crippen LogP contribution in [0.15, 0.2) is 20.9 Å². The molecule has 2 aromatic heterocycles. The van der Waals surface area contributed by atoms with Crippen LogP contribution in [0.5, 0.6) is 0 Å². The van der Waals surface area contributed by atoms with Crippen molar-refractivity contribution in [3.05, 3.63) is 33.7 Å². The van der Waals surface area contributed by atoms with Gasteiger partial charge < -0.3 is 9.73 Å². The minimum absolute atomic E-state index is 0.0522. The smallest absolute Gasteiger partial charge is 0.242 e. The summed E-state index contributed by atoms with van der Waals surface area (Å²) >= 11 is 1.44. The van der Waals surface area contributed by atoms with Crippen molar-refractivity contribution in [3.63, 3.8) is 0 Å². The molecule has 0 fully saturated rings. The summed E-state index contributed by atoms with van der Waals surface area (Å²) in [6.45, 7) is 4.32. The fourth-order valence-corrected chi connectivity index (χ4v) is 4.75.